The molecule has 0 amide bonds. The monoisotopic (exact) mass is 296 g/mol. The molecule has 1 heterocycles. The van der Waals surface area contributed by atoms with Crippen LogP contribution in [0.15, 0.2) is 24.3 Å². The van der Waals surface area contributed by atoms with Crippen molar-refractivity contribution in [2.75, 3.05) is 0 Å². The molecule has 0 N–H and O–H groups in total. The van der Waals surface area contributed by atoms with Gasteiger partial charge >= 0.3 is 0 Å². The third-order valence-corrected chi connectivity index (χ3v) is 3.64. The second-order valence-corrected chi connectivity index (χ2v) is 5.31. The van der Waals surface area contributed by atoms with Gasteiger partial charge in [-0.25, -0.2) is 0 Å². The van der Waals surface area contributed by atoms with Gasteiger partial charge in [0, 0.05) is 18.5 Å². The van der Waals surface area contributed by atoms with Gasteiger partial charge in [-0.3, -0.25) is 9.48 Å². The van der Waals surface area contributed by atoms with E-state index >= 15 is 0 Å². The van der Waals surface area contributed by atoms with Crippen LogP contribution in [-0.2, 0) is 24.7 Å². The highest BCUT2D eigenvalue weighted by Gasteiger charge is 2.15. The number of hydrogen-bond donors (Lipinski definition) is 0. The Morgan fingerprint density at radius 3 is 2.63 bits per heavy atom. The summed E-state index contributed by atoms with van der Waals surface area (Å²) in [7, 11) is 1.79. The molecule has 0 aliphatic heterocycles. The number of hydrogen-bond acceptors (Lipinski definition) is 2. The van der Waals surface area contributed by atoms with Gasteiger partial charge in [0.25, 0.3) is 0 Å². The molecular formula is C14H14Cl2N2O. The highest BCUT2D eigenvalue weighted by Crippen LogP contribution is 2.20. The molecule has 3 nitrogen and oxygen atoms in total. The van der Waals surface area contributed by atoms with E-state index in [1.165, 1.54) is 0 Å². The number of aromatic nitrogens is 2. The van der Waals surface area contributed by atoms with Crippen molar-refractivity contribution in [1.29, 1.82) is 0 Å². The molecule has 0 fully saturated rings. The van der Waals surface area contributed by atoms with Crippen LogP contribution in [0.25, 0.3) is 0 Å². The summed E-state index contributed by atoms with van der Waals surface area (Å²) in [6.07, 6.45) is 0.629. The van der Waals surface area contributed by atoms with Crippen LogP contribution in [0.5, 0.6) is 0 Å². The molecule has 1 aromatic heterocycles. The second kappa shape index (κ2) is 5.76. The number of ketones is 1. The van der Waals surface area contributed by atoms with E-state index in [2.05, 4.69) is 5.10 Å². The van der Waals surface area contributed by atoms with Crippen molar-refractivity contribution >= 4 is 29.0 Å². The number of halogens is 2. The van der Waals surface area contributed by atoms with Crippen LogP contribution in [0.4, 0.5) is 0 Å². The number of Topliss-reactive ketones (excluding diaryl/α,β-unsaturated/α-hetero) is 1. The van der Waals surface area contributed by atoms with Gasteiger partial charge in [0.05, 0.1) is 22.8 Å². The predicted octanol–water partition coefficient (Wildman–Crippen LogP) is 3.39. The van der Waals surface area contributed by atoms with Crippen LogP contribution in [0.3, 0.4) is 0 Å². The van der Waals surface area contributed by atoms with Gasteiger partial charge in [-0.15, -0.1) is 0 Å². The molecule has 1 aromatic carbocycles. The maximum atomic E-state index is 12.1. The normalized spacial score (nSPS) is 10.7. The number of benzene rings is 1. The summed E-state index contributed by atoms with van der Waals surface area (Å²) >= 11 is 12.0. The Morgan fingerprint density at radius 2 is 2.05 bits per heavy atom. The fourth-order valence-electron chi connectivity index (χ4n) is 2.00. The van der Waals surface area contributed by atoms with Crippen LogP contribution >= 0.6 is 23.2 Å². The largest absolute Gasteiger partial charge is 0.299 e. The number of carbonyl (C=O) groups is 1. The Balaban J connectivity index is 2.09. The Hall–Kier alpha value is -1.32. The Labute approximate surface area is 122 Å². The van der Waals surface area contributed by atoms with E-state index in [1.807, 2.05) is 19.1 Å². The molecule has 2 rings (SSSR count). The maximum absolute atomic E-state index is 12.1. The number of carbonyl (C=O) groups excluding carboxylic acids is 1. The summed E-state index contributed by atoms with van der Waals surface area (Å²) in [5, 5.41) is 5.41. The molecule has 0 aliphatic rings. The van der Waals surface area contributed by atoms with Gasteiger partial charge in [0.15, 0.2) is 0 Å². The van der Waals surface area contributed by atoms with Gasteiger partial charge in [-0.05, 0) is 24.6 Å². The average molecular weight is 297 g/mol. The van der Waals surface area contributed by atoms with Gasteiger partial charge < -0.3 is 0 Å². The third-order valence-electron chi connectivity index (χ3n) is 2.92. The van der Waals surface area contributed by atoms with Gasteiger partial charge in [-0.1, -0.05) is 35.3 Å². The molecule has 0 saturated heterocycles. The molecule has 0 bridgehead atoms. The zero-order chi connectivity index (χ0) is 14.0. The first-order valence-electron chi connectivity index (χ1n) is 5.91. The molecule has 0 unspecified atom stereocenters. The predicted molar refractivity (Wildman–Crippen MR) is 76.8 cm³/mol. The SMILES string of the molecule is Cc1nn(C)c(CC(=O)Cc2cccc(Cl)c2)c1Cl. The number of nitrogens with zero attached hydrogens (tertiary/aromatic N) is 2. The lowest BCUT2D eigenvalue weighted by atomic mass is 10.1. The van der Waals surface area contributed by atoms with E-state index < -0.39 is 0 Å². The maximum Gasteiger partial charge on any atom is 0.143 e. The Bertz CT molecular complexity index is 620. The highest BCUT2D eigenvalue weighted by atomic mass is 35.5. The molecule has 5 heteroatoms. The summed E-state index contributed by atoms with van der Waals surface area (Å²) in [6.45, 7) is 1.83. The van der Waals surface area contributed by atoms with Crippen molar-refractivity contribution in [3.8, 4) is 0 Å². The van der Waals surface area contributed by atoms with Crippen LogP contribution in [0, 0.1) is 6.92 Å². The van der Waals surface area contributed by atoms with Crippen molar-refractivity contribution < 1.29 is 4.79 Å². The van der Waals surface area contributed by atoms with Crippen molar-refractivity contribution in [2.24, 2.45) is 7.05 Å². The van der Waals surface area contributed by atoms with Crippen molar-refractivity contribution in [3.63, 3.8) is 0 Å². The summed E-state index contributed by atoms with van der Waals surface area (Å²) in [6, 6.07) is 7.32. The molecular weight excluding hydrogens is 283 g/mol. The Kier molecular flexibility index (Phi) is 4.27. The molecule has 0 atom stereocenters. The smallest absolute Gasteiger partial charge is 0.143 e. The molecule has 0 saturated carbocycles. The highest BCUT2D eigenvalue weighted by molar-refractivity contribution is 6.32. The van der Waals surface area contributed by atoms with Gasteiger partial charge in [0.1, 0.15) is 5.78 Å². The molecule has 100 valence electrons. The van der Waals surface area contributed by atoms with E-state index in [1.54, 1.807) is 23.9 Å². The van der Waals surface area contributed by atoms with Crippen LogP contribution in [0.2, 0.25) is 10.0 Å². The van der Waals surface area contributed by atoms with E-state index in [0.717, 1.165) is 17.0 Å². The lowest BCUT2D eigenvalue weighted by Gasteiger charge is -2.03. The number of aryl methyl sites for hydroxylation is 2. The van der Waals surface area contributed by atoms with Crippen molar-refractivity contribution in [3.05, 3.63) is 51.3 Å². The Morgan fingerprint density at radius 1 is 1.32 bits per heavy atom. The molecule has 19 heavy (non-hydrogen) atoms. The quantitative estimate of drug-likeness (QED) is 0.867. The van der Waals surface area contributed by atoms with Gasteiger partial charge in [-0.2, -0.15) is 5.10 Å². The minimum Gasteiger partial charge on any atom is -0.299 e. The van der Waals surface area contributed by atoms with E-state index in [9.17, 15) is 4.79 Å². The second-order valence-electron chi connectivity index (χ2n) is 4.49. The minimum atomic E-state index is 0.0900. The van der Waals surface area contributed by atoms with Crippen LogP contribution < -0.4 is 0 Å². The summed E-state index contributed by atoms with van der Waals surface area (Å²) in [4.78, 5) is 12.1. The fourth-order valence-corrected chi connectivity index (χ4v) is 2.44. The zero-order valence-corrected chi connectivity index (χ0v) is 12.3. The third kappa shape index (κ3) is 3.37. The molecule has 0 aliphatic carbocycles. The standard InChI is InChI=1S/C14H14Cl2N2O/c1-9-14(16)13(18(2)17-9)8-12(19)7-10-4-3-5-11(15)6-10/h3-6H,7-8H2,1-2H3. The first-order valence-corrected chi connectivity index (χ1v) is 6.67. The van der Waals surface area contributed by atoms with E-state index in [4.69, 9.17) is 23.2 Å². The number of rotatable bonds is 4. The summed E-state index contributed by atoms with van der Waals surface area (Å²) in [5.74, 6) is 0.0900. The average Bonchev–Trinajstić information content (AvgIpc) is 2.56. The molecule has 0 radical (unpaired) electrons. The lowest BCUT2D eigenvalue weighted by Crippen LogP contribution is -2.10. The van der Waals surface area contributed by atoms with Crippen LogP contribution in [0.1, 0.15) is 17.0 Å². The minimum absolute atomic E-state index is 0.0900. The molecule has 0 spiro atoms. The summed E-state index contributed by atoms with van der Waals surface area (Å²) < 4.78 is 1.66. The first-order chi connectivity index (χ1) is 8.97. The molecule has 2 aromatic rings. The van der Waals surface area contributed by atoms with E-state index in [-0.39, 0.29) is 12.2 Å². The van der Waals surface area contributed by atoms with Gasteiger partial charge in [0.2, 0.25) is 0 Å². The van der Waals surface area contributed by atoms with Crippen molar-refractivity contribution in [2.45, 2.75) is 19.8 Å². The zero-order valence-electron chi connectivity index (χ0n) is 10.8. The lowest BCUT2D eigenvalue weighted by molar-refractivity contribution is -0.117. The summed E-state index contributed by atoms with van der Waals surface area (Å²) in [5.41, 5.74) is 2.41. The van der Waals surface area contributed by atoms with Crippen molar-refractivity contribution in [1.82, 2.24) is 9.78 Å². The fraction of sp³-hybridized carbons (Fsp3) is 0.286. The van der Waals surface area contributed by atoms with E-state index in [0.29, 0.717) is 16.5 Å². The first kappa shape index (κ1) is 14.1. The topological polar surface area (TPSA) is 34.9 Å². The van der Waals surface area contributed by atoms with Crippen LogP contribution in [-0.4, -0.2) is 15.6 Å².